The first-order chi connectivity index (χ1) is 9.58. The van der Waals surface area contributed by atoms with Crippen LogP contribution in [0.25, 0.3) is 0 Å². The molecule has 1 aliphatic rings. The highest BCUT2D eigenvalue weighted by molar-refractivity contribution is 5.66. The zero-order valence-electron chi connectivity index (χ0n) is 10.8. The molecule has 20 heavy (non-hydrogen) atoms. The van der Waals surface area contributed by atoms with E-state index < -0.39 is 10.7 Å². The van der Waals surface area contributed by atoms with Gasteiger partial charge in [-0.1, -0.05) is 0 Å². The summed E-state index contributed by atoms with van der Waals surface area (Å²) in [5, 5.41) is 29.2. The number of nitro groups is 1. The summed E-state index contributed by atoms with van der Waals surface area (Å²) >= 11 is 0. The molecule has 0 radical (unpaired) electrons. The molecule has 1 aromatic carbocycles. The van der Waals surface area contributed by atoms with Crippen molar-refractivity contribution in [3.63, 3.8) is 0 Å². The van der Waals surface area contributed by atoms with Crippen molar-refractivity contribution in [2.75, 3.05) is 18.1 Å². The van der Waals surface area contributed by atoms with Crippen LogP contribution in [-0.4, -0.2) is 29.2 Å². The topological polar surface area (TPSA) is 90.4 Å². The van der Waals surface area contributed by atoms with Gasteiger partial charge in [0, 0.05) is 18.7 Å². The average molecular weight is 279 g/mol. The number of nitro benzene ring substituents is 1. The molecular formula is C13H14FN3O3. The van der Waals surface area contributed by atoms with Gasteiger partial charge in [-0.3, -0.25) is 10.1 Å². The predicted octanol–water partition coefficient (Wildman–Crippen LogP) is 1.96. The van der Waals surface area contributed by atoms with Crippen molar-refractivity contribution in [2.45, 2.75) is 25.3 Å². The van der Waals surface area contributed by atoms with Gasteiger partial charge in [-0.2, -0.15) is 5.26 Å². The molecule has 0 spiro atoms. The largest absolute Gasteiger partial charge is 0.394 e. The van der Waals surface area contributed by atoms with Gasteiger partial charge in [-0.05, 0) is 19.3 Å². The summed E-state index contributed by atoms with van der Waals surface area (Å²) in [4.78, 5) is 12.2. The van der Waals surface area contributed by atoms with Crippen LogP contribution in [-0.2, 0) is 0 Å². The minimum Gasteiger partial charge on any atom is -0.394 e. The van der Waals surface area contributed by atoms with E-state index in [0.29, 0.717) is 13.0 Å². The lowest BCUT2D eigenvalue weighted by molar-refractivity contribution is -0.384. The number of nitriles is 1. The van der Waals surface area contributed by atoms with Gasteiger partial charge in [0.15, 0.2) is 0 Å². The second-order valence-corrected chi connectivity index (χ2v) is 4.72. The van der Waals surface area contributed by atoms with E-state index in [9.17, 15) is 19.6 Å². The second kappa shape index (κ2) is 5.84. The van der Waals surface area contributed by atoms with Gasteiger partial charge in [-0.15, -0.1) is 0 Å². The SMILES string of the molecule is N#Cc1cc([N+](=O)[O-])c(N2CCCCC2CO)cc1F. The van der Waals surface area contributed by atoms with Crippen LogP contribution >= 0.6 is 0 Å². The van der Waals surface area contributed by atoms with Crippen LogP contribution in [0.2, 0.25) is 0 Å². The Kier molecular flexibility index (Phi) is 4.15. The fourth-order valence-corrected chi connectivity index (χ4v) is 2.52. The van der Waals surface area contributed by atoms with E-state index in [4.69, 9.17) is 5.26 Å². The Labute approximate surface area is 115 Å². The molecule has 0 aromatic heterocycles. The molecule has 1 aliphatic heterocycles. The number of hydrogen-bond acceptors (Lipinski definition) is 5. The van der Waals surface area contributed by atoms with Crippen LogP contribution < -0.4 is 4.90 Å². The second-order valence-electron chi connectivity index (χ2n) is 4.72. The van der Waals surface area contributed by atoms with Crippen molar-refractivity contribution in [1.29, 1.82) is 5.26 Å². The molecule has 0 aliphatic carbocycles. The normalized spacial score (nSPS) is 18.6. The summed E-state index contributed by atoms with van der Waals surface area (Å²) in [6, 6.07) is 3.31. The number of piperidine rings is 1. The van der Waals surface area contributed by atoms with Crippen molar-refractivity contribution in [3.8, 4) is 6.07 Å². The maximum absolute atomic E-state index is 13.7. The van der Waals surface area contributed by atoms with Crippen LogP contribution in [0.15, 0.2) is 12.1 Å². The Morgan fingerprint density at radius 1 is 1.55 bits per heavy atom. The van der Waals surface area contributed by atoms with Crippen LogP contribution in [0.3, 0.4) is 0 Å². The number of hydrogen-bond donors (Lipinski definition) is 1. The van der Waals surface area contributed by atoms with Gasteiger partial charge >= 0.3 is 0 Å². The highest BCUT2D eigenvalue weighted by Crippen LogP contribution is 2.34. The van der Waals surface area contributed by atoms with Crippen molar-refractivity contribution in [3.05, 3.63) is 33.6 Å². The number of aliphatic hydroxyl groups excluding tert-OH is 1. The van der Waals surface area contributed by atoms with Gasteiger partial charge in [-0.25, -0.2) is 4.39 Å². The molecule has 7 heteroatoms. The van der Waals surface area contributed by atoms with Gasteiger partial charge < -0.3 is 10.0 Å². The zero-order chi connectivity index (χ0) is 14.7. The maximum Gasteiger partial charge on any atom is 0.294 e. The standard InChI is InChI=1S/C13H14FN3O3/c14-11-6-12(13(17(19)20)5-9(11)7-15)16-4-2-1-3-10(16)8-18/h5-6,10,18H,1-4,8H2. The molecule has 1 N–H and O–H groups in total. The highest BCUT2D eigenvalue weighted by atomic mass is 19.1. The van der Waals surface area contributed by atoms with E-state index in [2.05, 4.69) is 0 Å². The predicted molar refractivity (Wildman–Crippen MR) is 69.8 cm³/mol. The summed E-state index contributed by atoms with van der Waals surface area (Å²) in [7, 11) is 0. The van der Waals surface area contributed by atoms with Crippen molar-refractivity contribution in [2.24, 2.45) is 0 Å². The Morgan fingerprint density at radius 2 is 2.30 bits per heavy atom. The molecule has 1 saturated heterocycles. The highest BCUT2D eigenvalue weighted by Gasteiger charge is 2.29. The Hall–Kier alpha value is -2.20. The summed E-state index contributed by atoms with van der Waals surface area (Å²) in [5.74, 6) is -0.782. The smallest absolute Gasteiger partial charge is 0.294 e. The average Bonchev–Trinajstić information content (AvgIpc) is 2.46. The molecule has 0 amide bonds. The van der Waals surface area contributed by atoms with Crippen LogP contribution in [0.4, 0.5) is 15.8 Å². The Balaban J connectivity index is 2.51. The molecule has 0 bridgehead atoms. The zero-order valence-corrected chi connectivity index (χ0v) is 10.8. The summed E-state index contributed by atoms with van der Waals surface area (Å²) in [5.41, 5.74) is -0.522. The van der Waals surface area contributed by atoms with E-state index in [1.165, 1.54) is 0 Å². The molecule has 1 atom stereocenters. The first kappa shape index (κ1) is 14.2. The summed E-state index contributed by atoms with van der Waals surface area (Å²) in [6.07, 6.45) is 2.46. The molecule has 1 aromatic rings. The minimum absolute atomic E-state index is 0.130. The fourth-order valence-electron chi connectivity index (χ4n) is 2.52. The number of rotatable bonds is 3. The third-order valence-corrected chi connectivity index (χ3v) is 3.53. The Morgan fingerprint density at radius 3 is 2.90 bits per heavy atom. The molecular weight excluding hydrogens is 265 g/mol. The molecule has 1 fully saturated rings. The lowest BCUT2D eigenvalue weighted by Gasteiger charge is -2.36. The third-order valence-electron chi connectivity index (χ3n) is 3.53. The number of aliphatic hydroxyl groups is 1. The van der Waals surface area contributed by atoms with E-state index in [1.54, 1.807) is 11.0 Å². The number of benzene rings is 1. The van der Waals surface area contributed by atoms with Gasteiger partial charge in [0.1, 0.15) is 17.6 Å². The first-order valence-electron chi connectivity index (χ1n) is 6.34. The minimum atomic E-state index is -0.782. The molecule has 2 rings (SSSR count). The molecule has 6 nitrogen and oxygen atoms in total. The van der Waals surface area contributed by atoms with Crippen molar-refractivity contribution < 1.29 is 14.4 Å². The van der Waals surface area contributed by atoms with E-state index in [1.807, 2.05) is 0 Å². The monoisotopic (exact) mass is 279 g/mol. The third kappa shape index (κ3) is 2.56. The molecule has 106 valence electrons. The lowest BCUT2D eigenvalue weighted by atomic mass is 10.0. The molecule has 0 saturated carbocycles. The number of halogens is 1. The summed E-state index contributed by atoms with van der Waals surface area (Å²) < 4.78 is 13.7. The van der Waals surface area contributed by atoms with Crippen LogP contribution in [0.1, 0.15) is 24.8 Å². The van der Waals surface area contributed by atoms with E-state index >= 15 is 0 Å². The van der Waals surface area contributed by atoms with E-state index in [-0.39, 0.29) is 29.6 Å². The van der Waals surface area contributed by atoms with Crippen molar-refractivity contribution in [1.82, 2.24) is 0 Å². The van der Waals surface area contributed by atoms with Gasteiger partial charge in [0.2, 0.25) is 0 Å². The maximum atomic E-state index is 13.7. The van der Waals surface area contributed by atoms with Crippen LogP contribution in [0, 0.1) is 27.3 Å². The molecule has 1 heterocycles. The first-order valence-corrected chi connectivity index (χ1v) is 6.34. The fraction of sp³-hybridized carbons (Fsp3) is 0.462. The van der Waals surface area contributed by atoms with Gasteiger partial charge in [0.25, 0.3) is 5.69 Å². The number of anilines is 1. The van der Waals surface area contributed by atoms with Crippen LogP contribution in [0.5, 0.6) is 0 Å². The van der Waals surface area contributed by atoms with Crippen molar-refractivity contribution >= 4 is 11.4 Å². The van der Waals surface area contributed by atoms with Gasteiger partial charge in [0.05, 0.1) is 23.1 Å². The molecule has 1 unspecified atom stereocenters. The van der Waals surface area contributed by atoms with E-state index in [0.717, 1.165) is 25.0 Å². The number of nitrogens with zero attached hydrogens (tertiary/aromatic N) is 3. The lowest BCUT2D eigenvalue weighted by Crippen LogP contribution is -2.42. The summed E-state index contributed by atoms with van der Waals surface area (Å²) in [6.45, 7) is 0.385. The quantitative estimate of drug-likeness (QED) is 0.674. The Bertz CT molecular complexity index is 571.